The molecule has 2 heterocycles. The van der Waals surface area contributed by atoms with Crippen molar-refractivity contribution in [1.29, 1.82) is 0 Å². The highest BCUT2D eigenvalue weighted by Crippen LogP contribution is 2.24. The van der Waals surface area contributed by atoms with Crippen LogP contribution in [0.2, 0.25) is 0 Å². The summed E-state index contributed by atoms with van der Waals surface area (Å²) in [7, 11) is 0. The summed E-state index contributed by atoms with van der Waals surface area (Å²) in [5, 5.41) is 18.5. The van der Waals surface area contributed by atoms with Crippen LogP contribution >= 0.6 is 0 Å². The second kappa shape index (κ2) is 9.06. The summed E-state index contributed by atoms with van der Waals surface area (Å²) in [6.07, 6.45) is 3.05. The number of hydrazone groups is 1. The van der Waals surface area contributed by atoms with Crippen LogP contribution in [0.4, 0.5) is 10.1 Å². The van der Waals surface area contributed by atoms with Gasteiger partial charge < -0.3 is 9.52 Å². The van der Waals surface area contributed by atoms with E-state index in [2.05, 4.69) is 15.6 Å². The van der Waals surface area contributed by atoms with Crippen molar-refractivity contribution in [1.82, 2.24) is 9.78 Å². The van der Waals surface area contributed by atoms with Gasteiger partial charge in [-0.15, -0.1) is 0 Å². The van der Waals surface area contributed by atoms with E-state index in [0.717, 1.165) is 5.39 Å². The number of anilines is 1. The van der Waals surface area contributed by atoms with E-state index in [-0.39, 0.29) is 16.8 Å². The van der Waals surface area contributed by atoms with Crippen LogP contribution in [0.5, 0.6) is 0 Å². The highest BCUT2D eigenvalue weighted by molar-refractivity contribution is 5.91. The van der Waals surface area contributed by atoms with Gasteiger partial charge in [0.15, 0.2) is 0 Å². The average Bonchev–Trinajstić information content (AvgIpc) is 3.28. The van der Waals surface area contributed by atoms with Crippen molar-refractivity contribution in [2.24, 2.45) is 5.10 Å². The molecular weight excluding hydrogens is 451 g/mol. The molecule has 0 fully saturated rings. The lowest BCUT2D eigenvalue weighted by Gasteiger charge is -2.02. The number of hydrogen-bond acceptors (Lipinski definition) is 6. The molecule has 5 aromatic rings. The Morgan fingerprint density at radius 2 is 1.80 bits per heavy atom. The Labute approximate surface area is 197 Å². The van der Waals surface area contributed by atoms with Crippen molar-refractivity contribution in [3.63, 3.8) is 0 Å². The van der Waals surface area contributed by atoms with Gasteiger partial charge in [-0.25, -0.2) is 18.7 Å². The zero-order valence-electron chi connectivity index (χ0n) is 18.1. The van der Waals surface area contributed by atoms with Crippen LogP contribution in [0.25, 0.3) is 27.9 Å². The molecule has 3 aromatic carbocycles. The first-order valence-electron chi connectivity index (χ1n) is 10.5. The smallest absolute Gasteiger partial charge is 0.345 e. The van der Waals surface area contributed by atoms with E-state index >= 15 is 0 Å². The Kier molecular flexibility index (Phi) is 5.64. The summed E-state index contributed by atoms with van der Waals surface area (Å²) in [6, 6.07) is 21.0. The van der Waals surface area contributed by atoms with Crippen molar-refractivity contribution in [3.8, 4) is 16.9 Å². The Morgan fingerprint density at radius 3 is 2.57 bits per heavy atom. The van der Waals surface area contributed by atoms with Crippen LogP contribution in [0.3, 0.4) is 0 Å². The standard InChI is InChI=1S/C26H17FN4O4/c27-21-6-2-3-7-22(21)29-28-14-18-15-31(19-11-9-16(10-12-19)25(32)33)30-24(18)20-13-17-5-1-4-8-23(17)35-26(20)34/h1-15,29H,(H,32,33)/b28-14+. The van der Waals surface area contributed by atoms with Crippen molar-refractivity contribution >= 4 is 28.8 Å². The molecule has 0 aliphatic rings. The van der Waals surface area contributed by atoms with E-state index in [1.165, 1.54) is 29.1 Å². The van der Waals surface area contributed by atoms with Gasteiger partial charge in [-0.05, 0) is 48.5 Å². The van der Waals surface area contributed by atoms with E-state index in [1.54, 1.807) is 54.7 Å². The highest BCUT2D eigenvalue weighted by atomic mass is 19.1. The van der Waals surface area contributed by atoms with Crippen LogP contribution in [0.1, 0.15) is 15.9 Å². The maximum absolute atomic E-state index is 13.9. The van der Waals surface area contributed by atoms with E-state index in [4.69, 9.17) is 9.52 Å². The minimum Gasteiger partial charge on any atom is -0.478 e. The van der Waals surface area contributed by atoms with E-state index in [1.807, 2.05) is 12.1 Å². The molecule has 0 saturated heterocycles. The van der Waals surface area contributed by atoms with Crippen molar-refractivity contribution in [2.75, 3.05) is 5.43 Å². The normalized spacial score (nSPS) is 11.2. The topological polar surface area (TPSA) is 110 Å². The number of benzene rings is 3. The fourth-order valence-corrected chi connectivity index (χ4v) is 3.53. The van der Waals surface area contributed by atoms with Gasteiger partial charge in [-0.1, -0.05) is 30.3 Å². The van der Waals surface area contributed by atoms with Crippen LogP contribution in [-0.2, 0) is 0 Å². The Bertz CT molecular complexity index is 1640. The third kappa shape index (κ3) is 4.42. The lowest BCUT2D eigenvalue weighted by Crippen LogP contribution is -2.05. The molecule has 0 aliphatic carbocycles. The molecule has 0 atom stereocenters. The second-order valence-electron chi connectivity index (χ2n) is 7.56. The monoisotopic (exact) mass is 468 g/mol. The SMILES string of the molecule is O=C(O)c1ccc(-n2cc(/C=N/Nc3ccccc3F)c(-c3cc4ccccc4oc3=O)n2)cc1. The minimum absolute atomic E-state index is 0.132. The number of nitrogens with zero attached hydrogens (tertiary/aromatic N) is 3. The summed E-state index contributed by atoms with van der Waals surface area (Å²) in [5.41, 5.74) is 4.38. The Hall–Kier alpha value is -5.05. The summed E-state index contributed by atoms with van der Waals surface area (Å²) in [5.74, 6) is -1.51. The molecule has 2 N–H and O–H groups in total. The third-order valence-electron chi connectivity index (χ3n) is 5.28. The second-order valence-corrected chi connectivity index (χ2v) is 7.56. The maximum atomic E-state index is 13.9. The minimum atomic E-state index is -1.04. The molecule has 0 amide bonds. The predicted octanol–water partition coefficient (Wildman–Crippen LogP) is 4.93. The number of para-hydroxylation sites is 2. The van der Waals surface area contributed by atoms with Crippen molar-refractivity contribution in [2.45, 2.75) is 0 Å². The molecule has 0 aliphatic heterocycles. The van der Waals surface area contributed by atoms with Gasteiger partial charge in [0, 0.05) is 17.1 Å². The third-order valence-corrected chi connectivity index (χ3v) is 5.28. The highest BCUT2D eigenvalue weighted by Gasteiger charge is 2.17. The Morgan fingerprint density at radius 1 is 1.06 bits per heavy atom. The number of aromatic carboxylic acids is 1. The molecule has 172 valence electrons. The number of fused-ring (bicyclic) bond motifs is 1. The van der Waals surface area contributed by atoms with Gasteiger partial charge in [0.25, 0.3) is 0 Å². The fraction of sp³-hybridized carbons (Fsp3) is 0. The summed E-state index contributed by atoms with van der Waals surface area (Å²) in [4.78, 5) is 24.0. The predicted molar refractivity (Wildman–Crippen MR) is 130 cm³/mol. The number of rotatable bonds is 6. The molecule has 35 heavy (non-hydrogen) atoms. The van der Waals surface area contributed by atoms with Crippen LogP contribution < -0.4 is 11.1 Å². The summed E-state index contributed by atoms with van der Waals surface area (Å²) < 4.78 is 20.9. The lowest BCUT2D eigenvalue weighted by molar-refractivity contribution is 0.0697. The first kappa shape index (κ1) is 21.8. The fourth-order valence-electron chi connectivity index (χ4n) is 3.53. The Balaban J connectivity index is 1.59. The quantitative estimate of drug-likeness (QED) is 0.208. The summed E-state index contributed by atoms with van der Waals surface area (Å²) in [6.45, 7) is 0. The molecule has 0 unspecified atom stereocenters. The van der Waals surface area contributed by atoms with Crippen LogP contribution in [0, 0.1) is 5.82 Å². The molecule has 0 saturated carbocycles. The largest absolute Gasteiger partial charge is 0.478 e. The molecule has 2 aromatic heterocycles. The van der Waals surface area contributed by atoms with E-state index in [0.29, 0.717) is 22.5 Å². The molecular formula is C26H17FN4O4. The number of carboxylic acids is 1. The number of carbonyl (C=O) groups is 1. The van der Waals surface area contributed by atoms with E-state index < -0.39 is 17.4 Å². The molecule has 9 heteroatoms. The number of carboxylic acid groups (broad SMARTS) is 1. The molecule has 8 nitrogen and oxygen atoms in total. The van der Waals surface area contributed by atoms with Gasteiger partial charge in [0.05, 0.1) is 28.7 Å². The number of hydrogen-bond donors (Lipinski definition) is 2. The molecule has 5 rings (SSSR count). The maximum Gasteiger partial charge on any atom is 0.345 e. The first-order valence-corrected chi connectivity index (χ1v) is 10.5. The van der Waals surface area contributed by atoms with Crippen LogP contribution in [-0.4, -0.2) is 27.1 Å². The van der Waals surface area contributed by atoms with Gasteiger partial charge in [-0.2, -0.15) is 10.2 Å². The van der Waals surface area contributed by atoms with Crippen molar-refractivity contribution < 1.29 is 18.7 Å². The zero-order chi connectivity index (χ0) is 24.4. The summed E-state index contributed by atoms with van der Waals surface area (Å²) >= 11 is 0. The van der Waals surface area contributed by atoms with Gasteiger partial charge in [0.2, 0.25) is 0 Å². The van der Waals surface area contributed by atoms with Crippen LogP contribution in [0.15, 0.2) is 99.4 Å². The van der Waals surface area contributed by atoms with Crippen molar-refractivity contribution in [3.05, 3.63) is 112 Å². The lowest BCUT2D eigenvalue weighted by atomic mass is 10.1. The number of halogens is 1. The number of aromatic nitrogens is 2. The van der Waals surface area contributed by atoms with E-state index in [9.17, 15) is 14.0 Å². The number of nitrogens with one attached hydrogen (secondary N) is 1. The van der Waals surface area contributed by atoms with Gasteiger partial charge in [0.1, 0.15) is 17.1 Å². The van der Waals surface area contributed by atoms with Gasteiger partial charge >= 0.3 is 11.6 Å². The molecule has 0 radical (unpaired) electrons. The molecule has 0 spiro atoms. The first-order chi connectivity index (χ1) is 17.0. The average molecular weight is 468 g/mol. The zero-order valence-corrected chi connectivity index (χ0v) is 18.1. The molecule has 0 bridgehead atoms. The van der Waals surface area contributed by atoms with Gasteiger partial charge in [-0.3, -0.25) is 5.43 Å².